The monoisotopic (exact) mass is 278 g/mol. The third-order valence-electron chi connectivity index (χ3n) is 3.59. The fraction of sp³-hybridized carbons (Fsp3) is 0.714. The van der Waals surface area contributed by atoms with Gasteiger partial charge in [-0.15, -0.1) is 0 Å². The van der Waals surface area contributed by atoms with Crippen molar-refractivity contribution >= 4 is 5.95 Å². The Kier molecular flexibility index (Phi) is 5.70. The maximum atomic E-state index is 4.47. The third-order valence-corrected chi connectivity index (χ3v) is 3.59. The zero-order chi connectivity index (χ0) is 14.4. The highest BCUT2D eigenvalue weighted by Crippen LogP contribution is 2.10. The minimum Gasteiger partial charge on any atom is -0.338 e. The molecule has 0 unspecified atom stereocenters. The highest BCUT2D eigenvalue weighted by molar-refractivity contribution is 5.30. The van der Waals surface area contributed by atoms with Gasteiger partial charge in [-0.2, -0.15) is 0 Å². The lowest BCUT2D eigenvalue weighted by Crippen LogP contribution is -2.48. The minimum absolute atomic E-state index is 0.818. The van der Waals surface area contributed by atoms with Gasteiger partial charge in [0.2, 0.25) is 5.95 Å². The number of anilines is 1. The van der Waals surface area contributed by atoms with Crippen molar-refractivity contribution in [2.75, 3.05) is 65.3 Å². The second-order valence-corrected chi connectivity index (χ2v) is 5.55. The average molecular weight is 278 g/mol. The van der Waals surface area contributed by atoms with E-state index in [4.69, 9.17) is 0 Å². The molecule has 1 aliphatic heterocycles. The van der Waals surface area contributed by atoms with Crippen molar-refractivity contribution in [1.29, 1.82) is 0 Å². The standard InChI is InChI=1S/C14H26N6/c1-15-10-13-11-16-14(17-12-13)20-8-6-19(7-9-20)5-4-18(2)3/h11-12,15H,4-10H2,1-3H3. The van der Waals surface area contributed by atoms with E-state index in [-0.39, 0.29) is 0 Å². The lowest BCUT2D eigenvalue weighted by Gasteiger charge is -2.35. The van der Waals surface area contributed by atoms with E-state index >= 15 is 0 Å². The molecule has 0 atom stereocenters. The molecule has 1 aliphatic rings. The van der Waals surface area contributed by atoms with Gasteiger partial charge in [0, 0.05) is 63.8 Å². The lowest BCUT2D eigenvalue weighted by atomic mass is 10.3. The van der Waals surface area contributed by atoms with Gasteiger partial charge in [0.1, 0.15) is 0 Å². The molecular formula is C14H26N6. The first-order chi connectivity index (χ1) is 9.69. The number of rotatable bonds is 6. The molecule has 0 aromatic carbocycles. The quantitative estimate of drug-likeness (QED) is 0.783. The van der Waals surface area contributed by atoms with Crippen LogP contribution in [0.2, 0.25) is 0 Å². The zero-order valence-electron chi connectivity index (χ0n) is 12.8. The van der Waals surface area contributed by atoms with Crippen molar-refractivity contribution in [3.05, 3.63) is 18.0 Å². The molecule has 0 aliphatic carbocycles. The highest BCUT2D eigenvalue weighted by Gasteiger charge is 2.18. The first-order valence-corrected chi connectivity index (χ1v) is 7.26. The molecule has 1 aromatic rings. The summed E-state index contributed by atoms with van der Waals surface area (Å²) in [7, 11) is 6.18. The maximum absolute atomic E-state index is 4.47. The van der Waals surface area contributed by atoms with Gasteiger partial charge in [-0.1, -0.05) is 0 Å². The highest BCUT2D eigenvalue weighted by atomic mass is 15.3. The van der Waals surface area contributed by atoms with E-state index in [0.717, 1.165) is 57.3 Å². The van der Waals surface area contributed by atoms with Crippen molar-refractivity contribution in [2.24, 2.45) is 0 Å². The fourth-order valence-electron chi connectivity index (χ4n) is 2.32. The Morgan fingerprint density at radius 2 is 1.80 bits per heavy atom. The Morgan fingerprint density at radius 3 is 2.35 bits per heavy atom. The normalized spacial score (nSPS) is 16.9. The van der Waals surface area contributed by atoms with E-state index in [2.05, 4.69) is 44.1 Å². The van der Waals surface area contributed by atoms with Crippen LogP contribution in [-0.2, 0) is 6.54 Å². The third kappa shape index (κ3) is 4.40. The summed E-state index contributed by atoms with van der Waals surface area (Å²) in [5.41, 5.74) is 1.13. The van der Waals surface area contributed by atoms with Crippen LogP contribution in [0.5, 0.6) is 0 Å². The molecule has 0 spiro atoms. The van der Waals surface area contributed by atoms with Gasteiger partial charge in [-0.25, -0.2) is 9.97 Å². The van der Waals surface area contributed by atoms with Crippen molar-refractivity contribution in [3.8, 4) is 0 Å². The first-order valence-electron chi connectivity index (χ1n) is 7.26. The van der Waals surface area contributed by atoms with E-state index in [1.54, 1.807) is 0 Å². The molecular weight excluding hydrogens is 252 g/mol. The Hall–Kier alpha value is -1.24. The van der Waals surface area contributed by atoms with E-state index in [9.17, 15) is 0 Å². The number of nitrogens with one attached hydrogen (secondary N) is 1. The smallest absolute Gasteiger partial charge is 0.225 e. The van der Waals surface area contributed by atoms with Gasteiger partial charge in [-0.05, 0) is 21.1 Å². The van der Waals surface area contributed by atoms with E-state index in [0.29, 0.717) is 0 Å². The van der Waals surface area contributed by atoms with Crippen LogP contribution in [0, 0.1) is 0 Å². The van der Waals surface area contributed by atoms with Crippen LogP contribution >= 0.6 is 0 Å². The molecule has 0 saturated carbocycles. The Bertz CT molecular complexity index is 383. The molecule has 1 N–H and O–H groups in total. The number of likely N-dealkylation sites (N-methyl/N-ethyl adjacent to an activating group) is 1. The van der Waals surface area contributed by atoms with Crippen LogP contribution in [-0.4, -0.2) is 80.2 Å². The zero-order valence-corrected chi connectivity index (χ0v) is 12.8. The predicted octanol–water partition coefficient (Wildman–Crippen LogP) is -0.120. The van der Waals surface area contributed by atoms with Crippen molar-refractivity contribution in [1.82, 2.24) is 25.1 Å². The summed E-state index contributed by atoms with van der Waals surface area (Å²) in [6.07, 6.45) is 3.83. The summed E-state index contributed by atoms with van der Waals surface area (Å²) in [6.45, 7) is 7.29. The summed E-state index contributed by atoms with van der Waals surface area (Å²) >= 11 is 0. The van der Waals surface area contributed by atoms with Crippen molar-refractivity contribution in [3.63, 3.8) is 0 Å². The topological polar surface area (TPSA) is 47.5 Å². The Morgan fingerprint density at radius 1 is 1.15 bits per heavy atom. The molecule has 1 aromatic heterocycles. The van der Waals surface area contributed by atoms with Gasteiger partial charge in [0.15, 0.2) is 0 Å². The van der Waals surface area contributed by atoms with Crippen LogP contribution in [0.15, 0.2) is 12.4 Å². The van der Waals surface area contributed by atoms with Crippen LogP contribution in [0.3, 0.4) is 0 Å². The van der Waals surface area contributed by atoms with E-state index in [1.807, 2.05) is 19.4 Å². The lowest BCUT2D eigenvalue weighted by molar-refractivity contribution is 0.228. The molecule has 20 heavy (non-hydrogen) atoms. The number of nitrogens with zero attached hydrogens (tertiary/aromatic N) is 5. The summed E-state index contributed by atoms with van der Waals surface area (Å²) in [6, 6.07) is 0. The summed E-state index contributed by atoms with van der Waals surface area (Å²) in [5.74, 6) is 0.858. The van der Waals surface area contributed by atoms with E-state index in [1.165, 1.54) is 0 Å². The van der Waals surface area contributed by atoms with Gasteiger partial charge >= 0.3 is 0 Å². The van der Waals surface area contributed by atoms with Gasteiger partial charge in [0.05, 0.1) is 0 Å². The second kappa shape index (κ2) is 7.52. The van der Waals surface area contributed by atoms with Gasteiger partial charge in [-0.3, -0.25) is 4.90 Å². The SMILES string of the molecule is CNCc1cnc(N2CCN(CCN(C)C)CC2)nc1. The van der Waals surface area contributed by atoms with Crippen LogP contribution < -0.4 is 10.2 Å². The number of hydrogen-bond acceptors (Lipinski definition) is 6. The number of hydrogen-bond donors (Lipinski definition) is 1. The molecule has 1 saturated heterocycles. The molecule has 2 heterocycles. The number of aromatic nitrogens is 2. The second-order valence-electron chi connectivity index (χ2n) is 5.55. The van der Waals surface area contributed by atoms with Crippen molar-refractivity contribution in [2.45, 2.75) is 6.54 Å². The molecule has 1 fully saturated rings. The predicted molar refractivity (Wildman–Crippen MR) is 82.0 cm³/mol. The Labute approximate surface area is 121 Å². The van der Waals surface area contributed by atoms with Crippen LogP contribution in [0.4, 0.5) is 5.95 Å². The molecule has 6 heteroatoms. The Balaban J connectivity index is 1.81. The number of piperazine rings is 1. The minimum atomic E-state index is 0.818. The summed E-state index contributed by atoms with van der Waals surface area (Å²) in [4.78, 5) is 15.9. The average Bonchev–Trinajstić information content (AvgIpc) is 2.47. The molecule has 6 nitrogen and oxygen atoms in total. The summed E-state index contributed by atoms with van der Waals surface area (Å²) < 4.78 is 0. The van der Waals surface area contributed by atoms with E-state index < -0.39 is 0 Å². The van der Waals surface area contributed by atoms with Crippen molar-refractivity contribution < 1.29 is 0 Å². The fourth-order valence-corrected chi connectivity index (χ4v) is 2.32. The molecule has 0 bridgehead atoms. The largest absolute Gasteiger partial charge is 0.338 e. The van der Waals surface area contributed by atoms with Gasteiger partial charge < -0.3 is 15.1 Å². The first kappa shape index (κ1) is 15.2. The maximum Gasteiger partial charge on any atom is 0.225 e. The van der Waals surface area contributed by atoms with Crippen LogP contribution in [0.25, 0.3) is 0 Å². The molecule has 0 radical (unpaired) electrons. The molecule has 0 amide bonds. The molecule has 2 rings (SSSR count). The van der Waals surface area contributed by atoms with Crippen LogP contribution in [0.1, 0.15) is 5.56 Å². The summed E-state index contributed by atoms with van der Waals surface area (Å²) in [5, 5.41) is 3.11. The van der Waals surface area contributed by atoms with Gasteiger partial charge in [0.25, 0.3) is 0 Å². The molecule has 112 valence electrons.